The fourth-order valence-corrected chi connectivity index (χ4v) is 3.40. The Morgan fingerprint density at radius 2 is 2.04 bits per heavy atom. The quantitative estimate of drug-likeness (QED) is 0.895. The van der Waals surface area contributed by atoms with E-state index in [1.165, 1.54) is 0 Å². The van der Waals surface area contributed by atoms with E-state index in [1.54, 1.807) is 25.3 Å². The maximum absolute atomic E-state index is 12.3. The van der Waals surface area contributed by atoms with Gasteiger partial charge in [-0.3, -0.25) is 14.6 Å². The van der Waals surface area contributed by atoms with Crippen LogP contribution in [0.5, 0.6) is 0 Å². The molecule has 1 atom stereocenters. The predicted molar refractivity (Wildman–Crippen MR) is 98.4 cm³/mol. The molecule has 0 spiro atoms. The van der Waals surface area contributed by atoms with E-state index >= 15 is 0 Å². The molecule has 3 heterocycles. The zero-order valence-electron chi connectivity index (χ0n) is 15.3. The average molecular weight is 355 g/mol. The fraction of sp³-hybridized carbons (Fsp3) is 0.450. The molecule has 1 saturated heterocycles. The molecule has 3 rings (SSSR count). The van der Waals surface area contributed by atoms with E-state index in [0.29, 0.717) is 35.6 Å². The summed E-state index contributed by atoms with van der Waals surface area (Å²) in [6.45, 7) is 5.99. The number of amides is 2. The van der Waals surface area contributed by atoms with Crippen molar-refractivity contribution in [1.29, 1.82) is 0 Å². The molecule has 1 aliphatic heterocycles. The Kier molecular flexibility index (Phi) is 5.71. The summed E-state index contributed by atoms with van der Waals surface area (Å²) in [6, 6.07) is 9.00. The third-order valence-electron chi connectivity index (χ3n) is 5.12. The first kappa shape index (κ1) is 18.2. The number of hydrogen-bond acceptors (Lipinski definition) is 4. The lowest BCUT2D eigenvalue weighted by atomic mass is 9.85. The summed E-state index contributed by atoms with van der Waals surface area (Å²) in [6.07, 6.45) is 3.67. The number of carbonyl (C=O) groups excluding carboxylic acids is 2. The lowest BCUT2D eigenvalue weighted by Crippen LogP contribution is -2.40. The largest absolute Gasteiger partial charge is 0.449 e. The zero-order chi connectivity index (χ0) is 18.5. The van der Waals surface area contributed by atoms with Crippen LogP contribution in [0.2, 0.25) is 0 Å². The van der Waals surface area contributed by atoms with Gasteiger partial charge in [0.25, 0.3) is 5.91 Å². The Bertz CT molecular complexity index is 749. The lowest BCUT2D eigenvalue weighted by Gasteiger charge is -2.34. The number of nitrogens with one attached hydrogen (secondary N) is 1. The van der Waals surface area contributed by atoms with Gasteiger partial charge in [-0.25, -0.2) is 0 Å². The van der Waals surface area contributed by atoms with Gasteiger partial charge in [0.1, 0.15) is 5.69 Å². The highest BCUT2D eigenvalue weighted by molar-refractivity contribution is 5.91. The number of likely N-dealkylation sites (tertiary alicyclic amines) is 1. The number of carbonyl (C=O) groups is 2. The number of rotatable bonds is 5. The van der Waals surface area contributed by atoms with Gasteiger partial charge < -0.3 is 14.6 Å². The second-order valence-electron chi connectivity index (χ2n) is 6.91. The number of furan rings is 1. The molecule has 1 fully saturated rings. The van der Waals surface area contributed by atoms with Crippen LogP contribution in [-0.4, -0.2) is 41.3 Å². The number of pyridine rings is 1. The van der Waals surface area contributed by atoms with Gasteiger partial charge in [0.2, 0.25) is 5.91 Å². The number of nitrogens with zero attached hydrogens (tertiary/aromatic N) is 2. The predicted octanol–water partition coefficient (Wildman–Crippen LogP) is 2.97. The van der Waals surface area contributed by atoms with Crippen molar-refractivity contribution >= 4 is 11.8 Å². The van der Waals surface area contributed by atoms with Crippen LogP contribution in [-0.2, 0) is 4.79 Å². The maximum Gasteiger partial charge on any atom is 0.287 e. The van der Waals surface area contributed by atoms with Crippen LogP contribution in [0.15, 0.2) is 40.9 Å². The molecule has 1 aliphatic rings. The summed E-state index contributed by atoms with van der Waals surface area (Å²) >= 11 is 0. The van der Waals surface area contributed by atoms with Gasteiger partial charge in [-0.15, -0.1) is 0 Å². The van der Waals surface area contributed by atoms with Crippen molar-refractivity contribution in [3.63, 3.8) is 0 Å². The van der Waals surface area contributed by atoms with E-state index in [-0.39, 0.29) is 11.8 Å². The van der Waals surface area contributed by atoms with Crippen LogP contribution < -0.4 is 5.32 Å². The van der Waals surface area contributed by atoms with E-state index in [2.05, 4.69) is 17.2 Å². The first-order valence-corrected chi connectivity index (χ1v) is 9.09. The molecule has 0 saturated carbocycles. The van der Waals surface area contributed by atoms with Gasteiger partial charge in [0, 0.05) is 32.8 Å². The summed E-state index contributed by atoms with van der Waals surface area (Å²) in [7, 11) is 0. The van der Waals surface area contributed by atoms with Crippen LogP contribution >= 0.6 is 0 Å². The Balaban J connectivity index is 1.50. The molecule has 26 heavy (non-hydrogen) atoms. The molecule has 0 aromatic carbocycles. The highest BCUT2D eigenvalue weighted by atomic mass is 16.4. The molecular weight excluding hydrogens is 330 g/mol. The summed E-state index contributed by atoms with van der Waals surface area (Å²) < 4.78 is 5.63. The third-order valence-corrected chi connectivity index (χ3v) is 5.12. The van der Waals surface area contributed by atoms with Crippen molar-refractivity contribution in [2.24, 2.45) is 11.8 Å². The van der Waals surface area contributed by atoms with Gasteiger partial charge in [-0.1, -0.05) is 13.0 Å². The molecule has 0 radical (unpaired) electrons. The lowest BCUT2D eigenvalue weighted by molar-refractivity contribution is -0.130. The molecule has 1 N–H and O–H groups in total. The average Bonchev–Trinajstić information content (AvgIpc) is 3.17. The topological polar surface area (TPSA) is 75.4 Å². The minimum Gasteiger partial charge on any atom is -0.449 e. The van der Waals surface area contributed by atoms with Crippen molar-refractivity contribution in [1.82, 2.24) is 15.2 Å². The van der Waals surface area contributed by atoms with E-state index in [4.69, 9.17) is 4.42 Å². The van der Waals surface area contributed by atoms with Gasteiger partial charge in [0.05, 0.1) is 0 Å². The molecule has 2 amide bonds. The third kappa shape index (κ3) is 4.31. The van der Waals surface area contributed by atoms with Crippen molar-refractivity contribution < 1.29 is 14.0 Å². The minimum atomic E-state index is -0.208. The number of aromatic nitrogens is 1. The molecule has 0 bridgehead atoms. The first-order valence-electron chi connectivity index (χ1n) is 9.09. The van der Waals surface area contributed by atoms with Crippen LogP contribution in [0, 0.1) is 11.8 Å². The summed E-state index contributed by atoms with van der Waals surface area (Å²) in [5, 5.41) is 2.96. The van der Waals surface area contributed by atoms with E-state index in [9.17, 15) is 9.59 Å². The Labute approximate surface area is 153 Å². The fourth-order valence-electron chi connectivity index (χ4n) is 3.40. The summed E-state index contributed by atoms with van der Waals surface area (Å²) in [4.78, 5) is 29.9. The highest BCUT2D eigenvalue weighted by Crippen LogP contribution is 2.25. The van der Waals surface area contributed by atoms with Crippen molar-refractivity contribution in [3.05, 3.63) is 42.3 Å². The van der Waals surface area contributed by atoms with Gasteiger partial charge >= 0.3 is 0 Å². The van der Waals surface area contributed by atoms with Crippen LogP contribution in [0.1, 0.15) is 37.2 Å². The molecule has 6 nitrogen and oxygen atoms in total. The molecule has 138 valence electrons. The Morgan fingerprint density at radius 1 is 1.27 bits per heavy atom. The normalized spacial score (nSPS) is 16.3. The monoisotopic (exact) mass is 355 g/mol. The van der Waals surface area contributed by atoms with Crippen LogP contribution in [0.25, 0.3) is 11.5 Å². The number of hydrogen-bond donors (Lipinski definition) is 1. The van der Waals surface area contributed by atoms with Crippen molar-refractivity contribution in [2.45, 2.75) is 26.7 Å². The molecule has 6 heteroatoms. The van der Waals surface area contributed by atoms with E-state index in [0.717, 1.165) is 25.9 Å². The zero-order valence-corrected chi connectivity index (χ0v) is 15.3. The molecule has 2 aromatic heterocycles. The van der Waals surface area contributed by atoms with Gasteiger partial charge in [-0.2, -0.15) is 0 Å². The number of piperidine rings is 1. The van der Waals surface area contributed by atoms with Crippen LogP contribution in [0.3, 0.4) is 0 Å². The smallest absolute Gasteiger partial charge is 0.287 e. The van der Waals surface area contributed by atoms with Gasteiger partial charge in [-0.05, 0) is 48.9 Å². The second kappa shape index (κ2) is 8.17. The SMILES string of the molecule is CC(=O)N1CCC(C(C)CNC(=O)c2ccc(-c3ccccn3)o2)CC1. The van der Waals surface area contributed by atoms with Gasteiger partial charge in [0.15, 0.2) is 11.5 Å². The maximum atomic E-state index is 12.3. The van der Waals surface area contributed by atoms with Crippen molar-refractivity contribution in [3.8, 4) is 11.5 Å². The standard InChI is InChI=1S/C20H25N3O3/c1-14(16-8-11-23(12-9-16)15(2)24)13-22-20(25)19-7-6-18(26-19)17-5-3-4-10-21-17/h3-7,10,14,16H,8-9,11-13H2,1-2H3,(H,22,25). The molecule has 0 aliphatic carbocycles. The van der Waals surface area contributed by atoms with Crippen LogP contribution in [0.4, 0.5) is 0 Å². The highest BCUT2D eigenvalue weighted by Gasteiger charge is 2.25. The Hall–Kier alpha value is -2.63. The molecule has 1 unspecified atom stereocenters. The Morgan fingerprint density at radius 3 is 2.69 bits per heavy atom. The molecular formula is C20H25N3O3. The van der Waals surface area contributed by atoms with E-state index in [1.807, 2.05) is 23.1 Å². The second-order valence-corrected chi connectivity index (χ2v) is 6.91. The summed E-state index contributed by atoms with van der Waals surface area (Å²) in [5.41, 5.74) is 0.706. The first-order chi connectivity index (χ1) is 12.5. The van der Waals surface area contributed by atoms with E-state index < -0.39 is 0 Å². The minimum absolute atomic E-state index is 0.144. The summed E-state index contributed by atoms with van der Waals surface area (Å²) in [5.74, 6) is 1.70. The van der Waals surface area contributed by atoms with Crippen molar-refractivity contribution in [2.75, 3.05) is 19.6 Å². The molecule has 2 aromatic rings.